The minimum absolute atomic E-state index is 0.167. The molecule has 5 nitrogen and oxygen atoms in total. The van der Waals surface area contributed by atoms with Crippen LogP contribution in [0.2, 0.25) is 0 Å². The number of aliphatic carboxylic acids is 1. The molecule has 0 spiro atoms. The van der Waals surface area contributed by atoms with Crippen LogP contribution in [-0.4, -0.2) is 28.7 Å². The lowest BCUT2D eigenvalue weighted by Crippen LogP contribution is -2.52. The fourth-order valence-corrected chi connectivity index (χ4v) is 2.29. The Kier molecular flexibility index (Phi) is 4.78. The fourth-order valence-electron chi connectivity index (χ4n) is 2.29. The third kappa shape index (κ3) is 4.24. The Labute approximate surface area is 102 Å². The third-order valence-corrected chi connectivity index (χ3v) is 3.30. The first kappa shape index (κ1) is 13.8. The van der Waals surface area contributed by atoms with Gasteiger partial charge in [0, 0.05) is 5.54 Å². The summed E-state index contributed by atoms with van der Waals surface area (Å²) in [6, 6.07) is -1.15. The molecule has 0 aromatic carbocycles. The topological polar surface area (TPSA) is 78.4 Å². The number of carbonyl (C=O) groups is 2. The van der Waals surface area contributed by atoms with Gasteiger partial charge < -0.3 is 15.7 Å². The second-order valence-corrected chi connectivity index (χ2v) is 5.05. The number of carbonyl (C=O) groups excluding carboxylic acids is 1. The number of carboxylic acids is 1. The van der Waals surface area contributed by atoms with Crippen molar-refractivity contribution < 1.29 is 14.7 Å². The van der Waals surface area contributed by atoms with Crippen molar-refractivity contribution in [2.75, 3.05) is 0 Å². The zero-order valence-corrected chi connectivity index (χ0v) is 10.6. The highest BCUT2D eigenvalue weighted by molar-refractivity contribution is 5.82. The van der Waals surface area contributed by atoms with Gasteiger partial charge in [-0.15, -0.1) is 0 Å². The van der Waals surface area contributed by atoms with Crippen LogP contribution >= 0.6 is 0 Å². The summed E-state index contributed by atoms with van der Waals surface area (Å²) in [5.74, 6) is -0.974. The van der Waals surface area contributed by atoms with Gasteiger partial charge in [-0.3, -0.25) is 0 Å². The van der Waals surface area contributed by atoms with Crippen LogP contribution in [0.3, 0.4) is 0 Å². The van der Waals surface area contributed by atoms with Gasteiger partial charge in [0.2, 0.25) is 0 Å². The van der Waals surface area contributed by atoms with Crippen molar-refractivity contribution in [3.05, 3.63) is 0 Å². The smallest absolute Gasteiger partial charge is 0.326 e. The molecule has 1 fully saturated rings. The van der Waals surface area contributed by atoms with E-state index in [-0.39, 0.29) is 11.6 Å². The third-order valence-electron chi connectivity index (χ3n) is 3.30. The number of hydrogen-bond acceptors (Lipinski definition) is 2. The molecule has 1 aliphatic rings. The predicted molar refractivity (Wildman–Crippen MR) is 64.9 cm³/mol. The lowest BCUT2D eigenvalue weighted by Gasteiger charge is -2.26. The summed E-state index contributed by atoms with van der Waals surface area (Å²) in [5, 5.41) is 14.3. The maximum Gasteiger partial charge on any atom is 0.326 e. The second kappa shape index (κ2) is 5.89. The summed E-state index contributed by atoms with van der Waals surface area (Å²) in [4.78, 5) is 22.6. The van der Waals surface area contributed by atoms with Crippen molar-refractivity contribution in [3.8, 4) is 0 Å². The van der Waals surface area contributed by atoms with E-state index in [9.17, 15) is 9.59 Å². The Morgan fingerprint density at radius 1 is 1.35 bits per heavy atom. The SMILES string of the molecule is CCC[C@@H](NC(=O)NC1(C)CCCC1)C(=O)O. The van der Waals surface area contributed by atoms with E-state index in [4.69, 9.17) is 5.11 Å². The summed E-state index contributed by atoms with van der Waals surface area (Å²) in [6.07, 6.45) is 5.36. The molecular formula is C12H22N2O3. The fraction of sp³-hybridized carbons (Fsp3) is 0.833. The lowest BCUT2D eigenvalue weighted by atomic mass is 10.0. The Balaban J connectivity index is 2.44. The Morgan fingerprint density at radius 2 is 1.94 bits per heavy atom. The maximum atomic E-state index is 11.7. The van der Waals surface area contributed by atoms with Crippen LogP contribution in [0.15, 0.2) is 0 Å². The van der Waals surface area contributed by atoms with Gasteiger partial charge in [-0.25, -0.2) is 9.59 Å². The van der Waals surface area contributed by atoms with Crippen LogP contribution in [0.1, 0.15) is 52.4 Å². The summed E-state index contributed by atoms with van der Waals surface area (Å²) in [7, 11) is 0. The van der Waals surface area contributed by atoms with Gasteiger partial charge in [0.1, 0.15) is 6.04 Å². The molecule has 3 N–H and O–H groups in total. The molecule has 0 heterocycles. The molecule has 0 unspecified atom stereocenters. The van der Waals surface area contributed by atoms with Crippen molar-refractivity contribution in [3.63, 3.8) is 0 Å². The summed E-state index contributed by atoms with van der Waals surface area (Å²) < 4.78 is 0. The van der Waals surface area contributed by atoms with E-state index in [1.165, 1.54) is 0 Å². The van der Waals surface area contributed by atoms with E-state index < -0.39 is 12.0 Å². The standard InChI is InChI=1S/C12H22N2O3/c1-3-6-9(10(15)16)13-11(17)14-12(2)7-4-5-8-12/h9H,3-8H2,1-2H3,(H,15,16)(H2,13,14,17)/t9-/m1/s1. The van der Waals surface area contributed by atoms with Gasteiger partial charge in [-0.05, 0) is 26.2 Å². The number of carboxylic acid groups (broad SMARTS) is 1. The average molecular weight is 242 g/mol. The quantitative estimate of drug-likeness (QED) is 0.688. The van der Waals surface area contributed by atoms with Gasteiger partial charge in [0.15, 0.2) is 0 Å². The number of urea groups is 1. The molecular weight excluding hydrogens is 220 g/mol. The molecule has 5 heteroatoms. The first-order valence-electron chi connectivity index (χ1n) is 6.28. The summed E-state index contributed by atoms with van der Waals surface area (Å²) in [6.45, 7) is 3.91. The highest BCUT2D eigenvalue weighted by atomic mass is 16.4. The van der Waals surface area contributed by atoms with E-state index in [1.807, 2.05) is 13.8 Å². The minimum Gasteiger partial charge on any atom is -0.480 e. The molecule has 0 aromatic heterocycles. The molecule has 1 rings (SSSR count). The Hall–Kier alpha value is -1.26. The molecule has 1 saturated carbocycles. The molecule has 0 aromatic rings. The van der Waals surface area contributed by atoms with E-state index in [2.05, 4.69) is 10.6 Å². The van der Waals surface area contributed by atoms with Crippen molar-refractivity contribution in [1.29, 1.82) is 0 Å². The molecule has 1 atom stereocenters. The predicted octanol–water partition coefficient (Wildman–Crippen LogP) is 1.87. The van der Waals surface area contributed by atoms with Crippen LogP contribution in [-0.2, 0) is 4.79 Å². The van der Waals surface area contributed by atoms with Gasteiger partial charge in [-0.2, -0.15) is 0 Å². The molecule has 0 aliphatic heterocycles. The lowest BCUT2D eigenvalue weighted by molar-refractivity contribution is -0.139. The molecule has 98 valence electrons. The van der Waals surface area contributed by atoms with Crippen molar-refractivity contribution in [1.82, 2.24) is 10.6 Å². The number of rotatable bonds is 5. The molecule has 0 saturated heterocycles. The minimum atomic E-state index is -0.974. The van der Waals surface area contributed by atoms with Crippen LogP contribution in [0.25, 0.3) is 0 Å². The van der Waals surface area contributed by atoms with Crippen molar-refractivity contribution >= 4 is 12.0 Å². The Morgan fingerprint density at radius 3 is 2.41 bits per heavy atom. The van der Waals surface area contributed by atoms with Gasteiger partial charge in [-0.1, -0.05) is 26.2 Å². The average Bonchev–Trinajstić information content (AvgIpc) is 2.63. The van der Waals surface area contributed by atoms with Crippen LogP contribution in [0, 0.1) is 0 Å². The molecule has 2 amide bonds. The molecule has 0 bridgehead atoms. The number of amides is 2. The van der Waals surface area contributed by atoms with Crippen molar-refractivity contribution in [2.45, 2.75) is 64.0 Å². The van der Waals surface area contributed by atoms with Crippen LogP contribution < -0.4 is 10.6 Å². The second-order valence-electron chi connectivity index (χ2n) is 5.05. The highest BCUT2D eigenvalue weighted by Crippen LogP contribution is 2.28. The largest absolute Gasteiger partial charge is 0.480 e. The number of nitrogens with one attached hydrogen (secondary N) is 2. The van der Waals surface area contributed by atoms with Gasteiger partial charge in [0.05, 0.1) is 0 Å². The van der Waals surface area contributed by atoms with Crippen LogP contribution in [0.5, 0.6) is 0 Å². The first-order valence-corrected chi connectivity index (χ1v) is 6.28. The van der Waals surface area contributed by atoms with E-state index in [1.54, 1.807) is 0 Å². The normalized spacial score (nSPS) is 19.6. The summed E-state index contributed by atoms with van der Waals surface area (Å²) in [5.41, 5.74) is -0.167. The van der Waals surface area contributed by atoms with E-state index >= 15 is 0 Å². The molecule has 17 heavy (non-hydrogen) atoms. The van der Waals surface area contributed by atoms with Crippen LogP contribution in [0.4, 0.5) is 4.79 Å². The zero-order valence-electron chi connectivity index (χ0n) is 10.6. The van der Waals surface area contributed by atoms with Gasteiger partial charge >= 0.3 is 12.0 Å². The zero-order chi connectivity index (χ0) is 12.9. The monoisotopic (exact) mass is 242 g/mol. The Bertz CT molecular complexity index is 285. The highest BCUT2D eigenvalue weighted by Gasteiger charge is 2.31. The first-order chi connectivity index (χ1) is 7.97. The number of hydrogen-bond donors (Lipinski definition) is 3. The maximum absolute atomic E-state index is 11.7. The van der Waals surface area contributed by atoms with Crippen molar-refractivity contribution in [2.24, 2.45) is 0 Å². The van der Waals surface area contributed by atoms with E-state index in [0.29, 0.717) is 6.42 Å². The molecule has 1 aliphatic carbocycles. The van der Waals surface area contributed by atoms with E-state index in [0.717, 1.165) is 32.1 Å². The summed E-state index contributed by atoms with van der Waals surface area (Å²) >= 11 is 0. The van der Waals surface area contributed by atoms with Gasteiger partial charge in [0.25, 0.3) is 0 Å². The molecule has 0 radical (unpaired) electrons.